The molecule has 0 unspecified atom stereocenters. The van der Waals surface area contributed by atoms with Gasteiger partial charge in [-0.15, -0.1) is 0 Å². The van der Waals surface area contributed by atoms with Crippen molar-refractivity contribution in [3.63, 3.8) is 0 Å². The average molecular weight is 170 g/mol. The molecule has 64 valence electrons. The summed E-state index contributed by atoms with van der Waals surface area (Å²) in [6, 6.07) is 3.92. The van der Waals surface area contributed by atoms with Crippen molar-refractivity contribution in [3.8, 4) is 0 Å². The van der Waals surface area contributed by atoms with E-state index in [1.807, 2.05) is 0 Å². The van der Waals surface area contributed by atoms with Crippen molar-refractivity contribution < 1.29 is 13.6 Å². The van der Waals surface area contributed by atoms with Gasteiger partial charge in [0.1, 0.15) is 12.0 Å². The van der Waals surface area contributed by atoms with E-state index in [2.05, 4.69) is 0 Å². The Labute approximate surface area is 69.0 Å². The zero-order chi connectivity index (χ0) is 9.14. The summed E-state index contributed by atoms with van der Waals surface area (Å²) < 4.78 is 25.5. The maximum Gasteiger partial charge on any atom is 0.153 e. The van der Waals surface area contributed by atoms with Gasteiger partial charge in [0.05, 0.1) is 5.56 Å². The van der Waals surface area contributed by atoms with E-state index in [9.17, 15) is 13.6 Å². The maximum atomic E-state index is 12.8. The zero-order valence-electron chi connectivity index (χ0n) is 6.55. The molecule has 1 aromatic carbocycles. The van der Waals surface area contributed by atoms with E-state index in [4.69, 9.17) is 0 Å². The van der Waals surface area contributed by atoms with Gasteiger partial charge in [0, 0.05) is 0 Å². The molecule has 1 rings (SSSR count). The van der Waals surface area contributed by atoms with Crippen molar-refractivity contribution in [2.75, 3.05) is 0 Å². The summed E-state index contributed by atoms with van der Waals surface area (Å²) in [7, 11) is 0. The van der Waals surface area contributed by atoms with E-state index >= 15 is 0 Å². The number of alkyl halides is 1. The van der Waals surface area contributed by atoms with Gasteiger partial charge in [-0.25, -0.2) is 8.78 Å². The minimum atomic E-state index is -1.32. The molecule has 0 aliphatic rings. The lowest BCUT2D eigenvalue weighted by Crippen LogP contribution is -1.97. The Morgan fingerprint density at radius 3 is 2.58 bits per heavy atom. The van der Waals surface area contributed by atoms with Gasteiger partial charge in [0.2, 0.25) is 0 Å². The molecule has 0 saturated carbocycles. The molecular formula is C9H8F2O. The molecule has 0 saturated heterocycles. The molecule has 1 aromatic rings. The smallest absolute Gasteiger partial charge is 0.153 e. The summed E-state index contributed by atoms with van der Waals surface area (Å²) in [5, 5.41) is 0. The second-order valence-corrected chi connectivity index (χ2v) is 2.48. The summed E-state index contributed by atoms with van der Waals surface area (Å²) >= 11 is 0. The molecule has 0 spiro atoms. The topological polar surface area (TPSA) is 17.1 Å². The number of rotatable bonds is 2. The number of hydrogen-bond acceptors (Lipinski definition) is 1. The fourth-order valence-electron chi connectivity index (χ4n) is 1.02. The van der Waals surface area contributed by atoms with Crippen LogP contribution in [0, 0.1) is 5.82 Å². The number of hydrogen-bond donors (Lipinski definition) is 0. The van der Waals surface area contributed by atoms with E-state index < -0.39 is 12.0 Å². The third kappa shape index (κ3) is 1.49. The molecule has 12 heavy (non-hydrogen) atoms. The number of carbonyl (C=O) groups excluding carboxylic acids is 1. The highest BCUT2D eigenvalue weighted by Gasteiger charge is 2.11. The van der Waals surface area contributed by atoms with Crippen molar-refractivity contribution in [2.45, 2.75) is 13.1 Å². The highest BCUT2D eigenvalue weighted by molar-refractivity contribution is 5.77. The Bertz CT molecular complexity index is 295. The van der Waals surface area contributed by atoms with Crippen molar-refractivity contribution in [1.29, 1.82) is 0 Å². The number of benzene rings is 1. The molecule has 0 aromatic heterocycles. The molecule has 0 aliphatic carbocycles. The van der Waals surface area contributed by atoms with Crippen LogP contribution in [-0.2, 0) is 0 Å². The third-order valence-electron chi connectivity index (χ3n) is 1.63. The van der Waals surface area contributed by atoms with Crippen LogP contribution in [0.15, 0.2) is 18.2 Å². The normalized spacial score (nSPS) is 12.6. The molecule has 0 bridgehead atoms. The van der Waals surface area contributed by atoms with Gasteiger partial charge in [-0.05, 0) is 18.6 Å². The second kappa shape index (κ2) is 3.43. The molecular weight excluding hydrogens is 162 g/mol. The van der Waals surface area contributed by atoms with Crippen LogP contribution >= 0.6 is 0 Å². The molecule has 1 nitrogen and oxygen atoms in total. The van der Waals surface area contributed by atoms with Crippen molar-refractivity contribution in [3.05, 3.63) is 35.1 Å². The predicted octanol–water partition coefficient (Wildman–Crippen LogP) is 2.67. The average Bonchev–Trinajstić information content (AvgIpc) is 2.03. The third-order valence-corrected chi connectivity index (χ3v) is 1.63. The Kier molecular flexibility index (Phi) is 2.53. The SMILES string of the molecule is C[C@@H](F)c1cccc(F)c1C=O. The first kappa shape index (κ1) is 8.84. The highest BCUT2D eigenvalue weighted by Crippen LogP contribution is 2.21. The van der Waals surface area contributed by atoms with Gasteiger partial charge >= 0.3 is 0 Å². The number of aldehydes is 1. The van der Waals surface area contributed by atoms with Gasteiger partial charge in [0.15, 0.2) is 6.29 Å². The molecule has 0 aliphatic heterocycles. The van der Waals surface area contributed by atoms with Crippen LogP contribution in [-0.4, -0.2) is 6.29 Å². The largest absolute Gasteiger partial charge is 0.298 e. The van der Waals surface area contributed by atoms with E-state index in [1.165, 1.54) is 19.1 Å². The van der Waals surface area contributed by atoms with Gasteiger partial charge in [-0.3, -0.25) is 4.79 Å². The van der Waals surface area contributed by atoms with E-state index in [1.54, 1.807) is 0 Å². The Hall–Kier alpha value is -1.25. The van der Waals surface area contributed by atoms with Gasteiger partial charge in [0.25, 0.3) is 0 Å². The second-order valence-electron chi connectivity index (χ2n) is 2.48. The van der Waals surface area contributed by atoms with Crippen LogP contribution < -0.4 is 0 Å². The van der Waals surface area contributed by atoms with Crippen LogP contribution in [0.4, 0.5) is 8.78 Å². The quantitative estimate of drug-likeness (QED) is 0.623. The highest BCUT2D eigenvalue weighted by atomic mass is 19.1. The monoisotopic (exact) mass is 170 g/mol. The van der Waals surface area contributed by atoms with E-state index in [-0.39, 0.29) is 11.1 Å². The maximum absolute atomic E-state index is 12.8. The van der Waals surface area contributed by atoms with E-state index in [0.29, 0.717) is 6.29 Å². The lowest BCUT2D eigenvalue weighted by Gasteiger charge is -2.05. The molecule has 0 fully saturated rings. The van der Waals surface area contributed by atoms with Gasteiger partial charge in [-0.1, -0.05) is 12.1 Å². The molecule has 3 heteroatoms. The van der Waals surface area contributed by atoms with Crippen molar-refractivity contribution in [1.82, 2.24) is 0 Å². The molecule has 0 amide bonds. The lowest BCUT2D eigenvalue weighted by atomic mass is 10.0. The summed E-state index contributed by atoms with van der Waals surface area (Å²) in [6.45, 7) is 1.27. The fourth-order valence-corrected chi connectivity index (χ4v) is 1.02. The zero-order valence-corrected chi connectivity index (χ0v) is 6.55. The summed E-state index contributed by atoms with van der Waals surface area (Å²) in [5.74, 6) is -0.674. The molecule has 1 atom stereocenters. The summed E-state index contributed by atoms with van der Waals surface area (Å²) in [5.41, 5.74) is -0.0856. The Morgan fingerprint density at radius 2 is 2.17 bits per heavy atom. The molecule has 0 heterocycles. The summed E-state index contributed by atoms with van der Waals surface area (Å²) in [4.78, 5) is 10.3. The standard InChI is InChI=1S/C9H8F2O/c1-6(10)7-3-2-4-9(11)8(7)5-12/h2-6H,1H3/t6-/m1/s1. The van der Waals surface area contributed by atoms with Crippen LogP contribution in [0.25, 0.3) is 0 Å². The lowest BCUT2D eigenvalue weighted by molar-refractivity contribution is 0.111. The van der Waals surface area contributed by atoms with Crippen molar-refractivity contribution >= 4 is 6.29 Å². The van der Waals surface area contributed by atoms with Crippen LogP contribution in [0.1, 0.15) is 29.0 Å². The molecule has 0 N–H and O–H groups in total. The van der Waals surface area contributed by atoms with Gasteiger partial charge in [-0.2, -0.15) is 0 Å². The first-order chi connectivity index (χ1) is 5.66. The van der Waals surface area contributed by atoms with Crippen LogP contribution in [0.3, 0.4) is 0 Å². The number of halogens is 2. The Morgan fingerprint density at radius 1 is 1.50 bits per heavy atom. The Balaban J connectivity index is 3.27. The predicted molar refractivity (Wildman–Crippen MR) is 41.3 cm³/mol. The fraction of sp³-hybridized carbons (Fsp3) is 0.222. The first-order valence-electron chi connectivity index (χ1n) is 3.54. The number of carbonyl (C=O) groups is 1. The minimum Gasteiger partial charge on any atom is -0.298 e. The van der Waals surface area contributed by atoms with Crippen molar-refractivity contribution in [2.24, 2.45) is 0 Å². The molecule has 0 radical (unpaired) electrons. The van der Waals surface area contributed by atoms with Crippen LogP contribution in [0.2, 0.25) is 0 Å². The van der Waals surface area contributed by atoms with E-state index in [0.717, 1.165) is 6.07 Å². The summed E-state index contributed by atoms with van der Waals surface area (Å²) in [6.07, 6.45) is -0.985. The minimum absolute atomic E-state index is 0.102. The van der Waals surface area contributed by atoms with Gasteiger partial charge < -0.3 is 0 Å². The first-order valence-corrected chi connectivity index (χ1v) is 3.54. The van der Waals surface area contributed by atoms with Crippen LogP contribution in [0.5, 0.6) is 0 Å².